The molecule has 11 nitrogen and oxygen atoms in total. The second-order valence-electron chi connectivity index (χ2n) is 8.93. The fourth-order valence-corrected chi connectivity index (χ4v) is 4.83. The lowest BCUT2D eigenvalue weighted by Gasteiger charge is -2.26. The maximum Gasteiger partial charge on any atom is 0.240 e. The molecule has 3 aromatic carbocycles. The van der Waals surface area contributed by atoms with Crippen molar-refractivity contribution in [3.05, 3.63) is 90.5 Å². The Morgan fingerprint density at radius 1 is 0.878 bits per heavy atom. The van der Waals surface area contributed by atoms with Gasteiger partial charge >= 0.3 is 0 Å². The molecular formula is C29H33N7O4S. The predicted octanol–water partition coefficient (Wildman–Crippen LogP) is 3.42. The van der Waals surface area contributed by atoms with Gasteiger partial charge in [0.2, 0.25) is 16.0 Å². The molecule has 0 amide bonds. The lowest BCUT2D eigenvalue weighted by atomic mass is 10.1. The van der Waals surface area contributed by atoms with Crippen LogP contribution in [0, 0.1) is 0 Å². The summed E-state index contributed by atoms with van der Waals surface area (Å²) in [6, 6.07) is 25.4. The minimum absolute atomic E-state index is 0.140. The van der Waals surface area contributed by atoms with E-state index in [2.05, 4.69) is 20.6 Å². The molecule has 214 valence electrons. The maximum absolute atomic E-state index is 12.1. The summed E-state index contributed by atoms with van der Waals surface area (Å²) in [7, 11) is -2.19. The zero-order valence-corrected chi connectivity index (χ0v) is 23.6. The number of rotatable bonds is 13. The largest absolute Gasteiger partial charge is 0.395 e. The van der Waals surface area contributed by atoms with Crippen molar-refractivity contribution in [3.63, 3.8) is 0 Å². The highest BCUT2D eigenvalue weighted by Crippen LogP contribution is 2.36. The minimum atomic E-state index is -3.56. The zero-order valence-electron chi connectivity index (χ0n) is 22.8. The summed E-state index contributed by atoms with van der Waals surface area (Å²) >= 11 is 0. The van der Waals surface area contributed by atoms with Crippen LogP contribution in [-0.4, -0.2) is 67.7 Å². The molecule has 0 aliphatic heterocycles. The van der Waals surface area contributed by atoms with Crippen LogP contribution in [-0.2, 0) is 10.0 Å². The first-order valence-electron chi connectivity index (χ1n) is 13.0. The van der Waals surface area contributed by atoms with Crippen molar-refractivity contribution >= 4 is 39.0 Å². The highest BCUT2D eigenvalue weighted by atomic mass is 32.2. The van der Waals surface area contributed by atoms with Crippen molar-refractivity contribution in [2.45, 2.75) is 11.8 Å². The van der Waals surface area contributed by atoms with E-state index in [1.54, 1.807) is 24.0 Å². The molecule has 1 aromatic heterocycles. The van der Waals surface area contributed by atoms with Crippen LogP contribution in [0.4, 0.5) is 23.3 Å². The molecule has 0 bridgehead atoms. The molecule has 0 aliphatic rings. The quantitative estimate of drug-likeness (QED) is 0.119. The molecule has 0 atom stereocenters. The number of hydrogen-bond acceptors (Lipinski definition) is 10. The van der Waals surface area contributed by atoms with Gasteiger partial charge in [-0.1, -0.05) is 60.7 Å². The molecule has 5 N–H and O–H groups in total. The molecule has 0 spiro atoms. The molecule has 0 aliphatic carbocycles. The first-order chi connectivity index (χ1) is 19.9. The lowest BCUT2D eigenvalue weighted by Crippen LogP contribution is -2.31. The van der Waals surface area contributed by atoms with Crippen LogP contribution in [0.3, 0.4) is 0 Å². The maximum atomic E-state index is 12.1. The number of anilines is 4. The first kappa shape index (κ1) is 29.6. The summed E-state index contributed by atoms with van der Waals surface area (Å²) in [5.74, 6) is 1.20. The first-order valence-corrected chi connectivity index (χ1v) is 14.4. The van der Waals surface area contributed by atoms with Gasteiger partial charge in [0.05, 0.1) is 29.4 Å². The van der Waals surface area contributed by atoms with Crippen molar-refractivity contribution in [1.29, 1.82) is 0 Å². The third-order valence-corrected chi connectivity index (χ3v) is 7.63. The zero-order chi connectivity index (χ0) is 29.2. The molecule has 4 rings (SSSR count). The van der Waals surface area contributed by atoms with Gasteiger partial charge in [-0.15, -0.1) is 0 Å². The third-order valence-electron chi connectivity index (χ3n) is 6.20. The highest BCUT2D eigenvalue weighted by Gasteiger charge is 2.21. The number of hydrazone groups is 1. The number of hydrogen-bond donors (Lipinski definition) is 5. The van der Waals surface area contributed by atoms with Crippen molar-refractivity contribution < 1.29 is 18.6 Å². The summed E-state index contributed by atoms with van der Waals surface area (Å²) in [6.07, 6.45) is 0. The normalized spacial score (nSPS) is 11.8. The van der Waals surface area contributed by atoms with Crippen LogP contribution in [0.1, 0.15) is 12.5 Å². The van der Waals surface area contributed by atoms with Crippen LogP contribution in [0.2, 0.25) is 0 Å². The van der Waals surface area contributed by atoms with Gasteiger partial charge in [-0.25, -0.2) is 13.1 Å². The van der Waals surface area contributed by atoms with E-state index >= 15 is 0 Å². The van der Waals surface area contributed by atoms with E-state index in [0.717, 1.165) is 11.3 Å². The molecule has 1 heterocycles. The van der Waals surface area contributed by atoms with Gasteiger partial charge < -0.3 is 20.4 Å². The highest BCUT2D eigenvalue weighted by molar-refractivity contribution is 7.89. The average Bonchev–Trinajstić information content (AvgIpc) is 3.00. The Kier molecular flexibility index (Phi) is 9.98. The summed E-state index contributed by atoms with van der Waals surface area (Å²) in [6.45, 7) is 2.00. The second kappa shape index (κ2) is 13.8. The van der Waals surface area contributed by atoms with Gasteiger partial charge in [-0.05, 0) is 49.4 Å². The Morgan fingerprint density at radius 2 is 1.49 bits per heavy atom. The number of sulfonamides is 1. The van der Waals surface area contributed by atoms with Gasteiger partial charge in [0.15, 0.2) is 5.82 Å². The van der Waals surface area contributed by atoms with E-state index in [9.17, 15) is 18.6 Å². The Balaban J connectivity index is 1.81. The van der Waals surface area contributed by atoms with Crippen LogP contribution in [0.15, 0.2) is 94.9 Å². The Morgan fingerprint density at radius 3 is 2.07 bits per heavy atom. The molecule has 0 saturated carbocycles. The van der Waals surface area contributed by atoms with Gasteiger partial charge in [0, 0.05) is 18.8 Å². The van der Waals surface area contributed by atoms with E-state index < -0.39 is 10.0 Å². The molecule has 12 heteroatoms. The van der Waals surface area contributed by atoms with E-state index in [0.29, 0.717) is 34.4 Å². The molecule has 0 radical (unpaired) electrons. The fraction of sp³-hybridized carbons (Fsp3) is 0.207. The van der Waals surface area contributed by atoms with Gasteiger partial charge in [-0.2, -0.15) is 15.1 Å². The number of aliphatic hydroxyl groups is 2. The van der Waals surface area contributed by atoms with Crippen molar-refractivity contribution in [2.24, 2.45) is 5.10 Å². The summed E-state index contributed by atoms with van der Waals surface area (Å²) < 4.78 is 26.5. The number of nitrogens with zero attached hydrogens (tertiary/aromatic N) is 4. The SMILES string of the molecule is CNS(=O)(=O)c1ccc(C(C)=NNc2nc(Nc3ccccc3)nc(N(CCO)CCO)c2-c2ccccc2)cc1. The number of para-hydroxylation sites is 1. The Labute approximate surface area is 239 Å². The van der Waals surface area contributed by atoms with Crippen molar-refractivity contribution in [2.75, 3.05) is 49.0 Å². The standard InChI is InChI=1S/C29H33N7O4S/c1-21(22-13-15-25(16-14-22)41(39,40)30-2)34-35-27-26(23-9-5-3-6-10-23)28(36(17-19-37)18-20-38)33-29(32-27)31-24-11-7-4-8-12-24/h3-16,30,37-38H,17-20H2,1-2H3,(H2,31,32,33,35). The summed E-state index contributed by atoms with van der Waals surface area (Å²) in [4.78, 5) is 11.5. The summed E-state index contributed by atoms with van der Waals surface area (Å²) in [5, 5.41) is 27.4. The average molecular weight is 576 g/mol. The van der Waals surface area contributed by atoms with Gasteiger partial charge in [-0.3, -0.25) is 5.43 Å². The van der Waals surface area contributed by atoms with Crippen LogP contribution in [0.25, 0.3) is 11.1 Å². The van der Waals surface area contributed by atoms with Gasteiger partial charge in [0.1, 0.15) is 5.82 Å². The molecule has 0 fully saturated rings. The Bertz CT molecular complexity index is 1560. The fourth-order valence-electron chi connectivity index (χ4n) is 4.10. The van der Waals surface area contributed by atoms with Crippen molar-refractivity contribution in [1.82, 2.24) is 14.7 Å². The molecule has 0 saturated heterocycles. The predicted molar refractivity (Wildman–Crippen MR) is 162 cm³/mol. The second-order valence-corrected chi connectivity index (χ2v) is 10.8. The van der Waals surface area contributed by atoms with Crippen molar-refractivity contribution in [3.8, 4) is 11.1 Å². The number of aliphatic hydroxyl groups excluding tert-OH is 2. The number of aromatic nitrogens is 2. The van der Waals surface area contributed by atoms with Gasteiger partial charge in [0.25, 0.3) is 0 Å². The minimum Gasteiger partial charge on any atom is -0.395 e. The van der Waals surface area contributed by atoms with E-state index in [-0.39, 0.29) is 31.2 Å². The topological polar surface area (TPSA) is 152 Å². The van der Waals surface area contributed by atoms with Crippen LogP contribution < -0.4 is 20.4 Å². The smallest absolute Gasteiger partial charge is 0.240 e. The lowest BCUT2D eigenvalue weighted by molar-refractivity contribution is 0.280. The number of benzene rings is 3. The summed E-state index contributed by atoms with van der Waals surface area (Å²) in [5.41, 5.74) is 6.63. The molecular weight excluding hydrogens is 542 g/mol. The van der Waals surface area contributed by atoms with E-state index in [1.165, 1.54) is 19.2 Å². The number of nitrogens with one attached hydrogen (secondary N) is 3. The molecule has 41 heavy (non-hydrogen) atoms. The van der Waals surface area contributed by atoms with E-state index in [1.807, 2.05) is 60.7 Å². The third kappa shape index (κ3) is 7.44. The van der Waals surface area contributed by atoms with Crippen LogP contribution in [0.5, 0.6) is 0 Å². The van der Waals surface area contributed by atoms with Crippen LogP contribution >= 0.6 is 0 Å². The molecule has 0 unspecified atom stereocenters. The monoisotopic (exact) mass is 575 g/mol. The Hall–Kier alpha value is -4.36. The van der Waals surface area contributed by atoms with E-state index in [4.69, 9.17) is 9.97 Å². The molecule has 4 aromatic rings.